The molecule has 5 heteroatoms. The number of unbranched alkanes of at least 4 members (excludes halogenated alkanes) is 4. The molecular weight excluding hydrogens is 344 g/mol. The fourth-order valence-electron chi connectivity index (χ4n) is 2.28. The van der Waals surface area contributed by atoms with Crippen LogP contribution in [0.3, 0.4) is 0 Å². The monoisotopic (exact) mass is 376 g/mol. The van der Waals surface area contributed by atoms with Crippen LogP contribution in [-0.2, 0) is 4.74 Å². The van der Waals surface area contributed by atoms with E-state index in [-0.39, 0.29) is 0 Å². The van der Waals surface area contributed by atoms with Gasteiger partial charge in [-0.3, -0.25) is 0 Å². The summed E-state index contributed by atoms with van der Waals surface area (Å²) in [5, 5.41) is 7.17. The van der Waals surface area contributed by atoms with Crippen molar-refractivity contribution >= 4 is 16.8 Å². The van der Waals surface area contributed by atoms with Crippen LogP contribution in [0.2, 0.25) is 0 Å². The quantitative estimate of drug-likeness (QED) is 0.127. The first kappa shape index (κ1) is 22.2. The van der Waals surface area contributed by atoms with E-state index < -0.39 is 0 Å². The molecule has 4 nitrogen and oxygen atoms in total. The third-order valence-electron chi connectivity index (χ3n) is 3.68. The van der Waals surface area contributed by atoms with Crippen molar-refractivity contribution in [2.75, 3.05) is 20.8 Å². The number of ether oxygens (including phenoxy) is 2. The van der Waals surface area contributed by atoms with Gasteiger partial charge >= 0.3 is 0 Å². The van der Waals surface area contributed by atoms with Gasteiger partial charge in [0, 0.05) is 18.0 Å². The van der Waals surface area contributed by atoms with Crippen LogP contribution >= 0.6 is 11.8 Å². The zero-order valence-electron chi connectivity index (χ0n) is 16.5. The number of nitrogens with one attached hydrogen (secondary N) is 1. The Bertz CT molecular complexity index is 580. The van der Waals surface area contributed by atoms with E-state index >= 15 is 0 Å². The Hall–Kier alpha value is -1.88. The number of nitrogens with zero attached hydrogens (tertiary/aromatic N) is 1. The van der Waals surface area contributed by atoms with Crippen LogP contribution in [0.5, 0.6) is 5.75 Å². The molecule has 0 aromatic heterocycles. The van der Waals surface area contributed by atoms with Gasteiger partial charge in [0.2, 0.25) is 0 Å². The molecule has 144 valence electrons. The molecule has 26 heavy (non-hydrogen) atoms. The predicted molar refractivity (Wildman–Crippen MR) is 114 cm³/mol. The van der Waals surface area contributed by atoms with E-state index in [1.54, 1.807) is 14.2 Å². The molecule has 1 aromatic rings. The van der Waals surface area contributed by atoms with Crippen molar-refractivity contribution < 1.29 is 9.47 Å². The van der Waals surface area contributed by atoms with E-state index in [1.807, 2.05) is 48.7 Å². The van der Waals surface area contributed by atoms with Crippen LogP contribution in [0, 0.1) is 0 Å². The first-order valence-corrected chi connectivity index (χ1v) is 10.1. The van der Waals surface area contributed by atoms with Crippen LogP contribution in [0.15, 0.2) is 52.7 Å². The van der Waals surface area contributed by atoms with Crippen molar-refractivity contribution in [1.29, 1.82) is 0 Å². The van der Waals surface area contributed by atoms with Crippen molar-refractivity contribution in [2.24, 2.45) is 5.10 Å². The molecule has 0 saturated heterocycles. The number of benzene rings is 1. The zero-order chi connectivity index (χ0) is 19.0. The number of hydrazone groups is 1. The number of rotatable bonds is 12. The maximum absolute atomic E-state index is 5.83. The summed E-state index contributed by atoms with van der Waals surface area (Å²) >= 11 is 1.52. The molecule has 0 bridgehead atoms. The zero-order valence-corrected chi connectivity index (χ0v) is 17.3. The molecule has 0 aliphatic rings. The third kappa shape index (κ3) is 8.99. The SMILES string of the molecule is C/C=C\C(=C/S/C(=N\NC)c1ccc(OCCCCCCC)cc1)OC. The van der Waals surface area contributed by atoms with Gasteiger partial charge in [-0.1, -0.05) is 50.4 Å². The summed E-state index contributed by atoms with van der Waals surface area (Å²) in [4.78, 5) is 0. The molecule has 1 rings (SSSR count). The van der Waals surface area contributed by atoms with Gasteiger partial charge in [-0.2, -0.15) is 5.10 Å². The number of hydrogen-bond acceptors (Lipinski definition) is 5. The molecule has 0 atom stereocenters. The Balaban J connectivity index is 2.61. The van der Waals surface area contributed by atoms with Gasteiger partial charge in [-0.05, 0) is 43.7 Å². The molecule has 1 N–H and O–H groups in total. The second-order valence-corrected chi connectivity index (χ2v) is 6.63. The van der Waals surface area contributed by atoms with E-state index in [0.29, 0.717) is 0 Å². The summed E-state index contributed by atoms with van der Waals surface area (Å²) in [6, 6.07) is 8.07. The van der Waals surface area contributed by atoms with E-state index in [1.165, 1.54) is 37.4 Å². The lowest BCUT2D eigenvalue weighted by atomic mass is 10.2. The Morgan fingerprint density at radius 2 is 1.88 bits per heavy atom. The van der Waals surface area contributed by atoms with Crippen molar-refractivity contribution in [1.82, 2.24) is 5.43 Å². The number of methoxy groups -OCH3 is 1. The minimum absolute atomic E-state index is 0.776. The molecule has 1 aromatic carbocycles. The smallest absolute Gasteiger partial charge is 0.127 e. The Labute approximate surface area is 162 Å². The molecule has 0 aliphatic heterocycles. The van der Waals surface area contributed by atoms with E-state index in [2.05, 4.69) is 17.5 Å². The van der Waals surface area contributed by atoms with E-state index in [9.17, 15) is 0 Å². The molecule has 0 heterocycles. The van der Waals surface area contributed by atoms with Gasteiger partial charge in [0.25, 0.3) is 0 Å². The summed E-state index contributed by atoms with van der Waals surface area (Å²) < 4.78 is 11.1. The average Bonchev–Trinajstić information content (AvgIpc) is 2.67. The highest BCUT2D eigenvalue weighted by atomic mass is 32.2. The highest BCUT2D eigenvalue weighted by Crippen LogP contribution is 2.20. The van der Waals surface area contributed by atoms with Crippen LogP contribution < -0.4 is 10.2 Å². The van der Waals surface area contributed by atoms with E-state index in [0.717, 1.165) is 35.1 Å². The normalized spacial score (nSPS) is 12.5. The molecule has 0 saturated carbocycles. The molecule has 0 radical (unpaired) electrons. The van der Waals surface area contributed by atoms with Crippen LogP contribution in [0.4, 0.5) is 0 Å². The molecule has 0 fully saturated rings. The summed E-state index contributed by atoms with van der Waals surface area (Å²) in [6.45, 7) is 4.97. The summed E-state index contributed by atoms with van der Waals surface area (Å²) in [7, 11) is 3.46. The second kappa shape index (κ2) is 14.3. The minimum atomic E-state index is 0.776. The Morgan fingerprint density at radius 1 is 1.15 bits per heavy atom. The summed E-state index contributed by atoms with van der Waals surface area (Å²) in [5.74, 6) is 1.70. The lowest BCUT2D eigenvalue weighted by Crippen LogP contribution is -2.03. The van der Waals surface area contributed by atoms with Gasteiger partial charge in [0.15, 0.2) is 0 Å². The Morgan fingerprint density at radius 3 is 2.50 bits per heavy atom. The van der Waals surface area contributed by atoms with Gasteiger partial charge in [0.05, 0.1) is 13.7 Å². The molecule has 0 unspecified atom stereocenters. The van der Waals surface area contributed by atoms with E-state index in [4.69, 9.17) is 9.47 Å². The first-order chi connectivity index (χ1) is 12.7. The van der Waals surface area contributed by atoms with Crippen molar-refractivity contribution in [3.8, 4) is 5.75 Å². The lowest BCUT2D eigenvalue weighted by Gasteiger charge is -2.08. The number of thioether (sulfide) groups is 1. The van der Waals surface area contributed by atoms with Crippen molar-refractivity contribution in [2.45, 2.75) is 46.0 Å². The third-order valence-corrected chi connectivity index (χ3v) is 4.58. The molecular formula is C21H32N2O2S. The largest absolute Gasteiger partial charge is 0.496 e. The average molecular weight is 377 g/mol. The number of hydrogen-bond donors (Lipinski definition) is 1. The van der Waals surface area contributed by atoms with Gasteiger partial charge in [-0.15, -0.1) is 0 Å². The summed E-state index contributed by atoms with van der Waals surface area (Å²) in [5.41, 5.74) is 3.90. The second-order valence-electron chi connectivity index (χ2n) is 5.77. The van der Waals surface area contributed by atoms with Gasteiger partial charge in [0.1, 0.15) is 16.6 Å². The molecule has 0 amide bonds. The highest BCUT2D eigenvalue weighted by Gasteiger charge is 2.05. The first-order valence-electron chi connectivity index (χ1n) is 9.26. The van der Waals surface area contributed by atoms with Crippen molar-refractivity contribution in [3.63, 3.8) is 0 Å². The van der Waals surface area contributed by atoms with Crippen LogP contribution in [-0.4, -0.2) is 25.8 Å². The minimum Gasteiger partial charge on any atom is -0.496 e. The standard InChI is InChI=1S/C21H32N2O2S/c1-5-7-8-9-10-16-25-19-14-12-18(13-15-19)21(23-22-3)26-17-20(24-4)11-6-2/h6,11-15,17,22H,5,7-10,16H2,1-4H3/b11-6-,20-17+,23-21-. The topological polar surface area (TPSA) is 42.9 Å². The predicted octanol–water partition coefficient (Wildman–Crippen LogP) is 5.71. The molecule has 0 aliphatic carbocycles. The fourth-order valence-corrected chi connectivity index (χ4v) is 3.10. The number of allylic oxidation sites excluding steroid dienone is 2. The maximum Gasteiger partial charge on any atom is 0.127 e. The van der Waals surface area contributed by atoms with Gasteiger partial charge < -0.3 is 14.9 Å². The lowest BCUT2D eigenvalue weighted by molar-refractivity contribution is 0.304. The fraction of sp³-hybridized carbons (Fsp3) is 0.476. The molecule has 0 spiro atoms. The maximum atomic E-state index is 5.83. The Kier molecular flexibility index (Phi) is 12.2. The highest BCUT2D eigenvalue weighted by molar-refractivity contribution is 8.16. The van der Waals surface area contributed by atoms with Crippen LogP contribution in [0.25, 0.3) is 0 Å². The summed E-state index contributed by atoms with van der Waals surface area (Å²) in [6.07, 6.45) is 10.1. The van der Waals surface area contributed by atoms with Crippen molar-refractivity contribution in [3.05, 3.63) is 53.1 Å². The van der Waals surface area contributed by atoms with Crippen LogP contribution in [0.1, 0.15) is 51.5 Å². The van der Waals surface area contributed by atoms with Gasteiger partial charge in [-0.25, -0.2) is 0 Å².